The maximum absolute atomic E-state index is 10.3. The third-order valence-electron chi connectivity index (χ3n) is 1.42. The molecule has 0 atom stereocenters. The first kappa shape index (κ1) is 12.3. The van der Waals surface area contributed by atoms with Gasteiger partial charge in [0.1, 0.15) is 0 Å². The number of aromatic hydroxyl groups is 1. The van der Waals surface area contributed by atoms with Crippen LogP contribution in [0.3, 0.4) is 0 Å². The molecule has 5 heteroatoms. The van der Waals surface area contributed by atoms with Gasteiger partial charge in [-0.1, -0.05) is 0 Å². The maximum Gasteiger partial charge on any atom is 1.00 e. The van der Waals surface area contributed by atoms with E-state index in [4.69, 9.17) is 9.84 Å². The van der Waals surface area contributed by atoms with E-state index in [9.17, 15) is 9.90 Å². The summed E-state index contributed by atoms with van der Waals surface area (Å²) in [6, 6.07) is 3.68. The summed E-state index contributed by atoms with van der Waals surface area (Å²) < 4.78 is 4.69. The van der Waals surface area contributed by atoms with Gasteiger partial charge in [0.15, 0.2) is 11.5 Å². The van der Waals surface area contributed by atoms with Gasteiger partial charge in [0.2, 0.25) is 0 Å². The second kappa shape index (κ2) is 5.11. The summed E-state index contributed by atoms with van der Waals surface area (Å²) in [7, 11) is 1.34. The molecule has 1 N–H and O–H groups in total. The summed E-state index contributed by atoms with van der Waals surface area (Å²) in [6.45, 7) is 0. The molecule has 0 fully saturated rings. The number of hydrogen-bond acceptors (Lipinski definition) is 4. The Bertz CT molecular complexity index is 311. The Hall–Kier alpha value is -0.710. The zero-order chi connectivity index (χ0) is 9.14. The molecule has 0 saturated carbocycles. The fourth-order valence-electron chi connectivity index (χ4n) is 0.805. The van der Waals surface area contributed by atoms with Crippen molar-refractivity contribution in [3.8, 4) is 11.5 Å². The van der Waals surface area contributed by atoms with Crippen LogP contribution in [0.1, 0.15) is 10.4 Å². The van der Waals surface area contributed by atoms with E-state index in [2.05, 4.69) is 0 Å². The van der Waals surface area contributed by atoms with Gasteiger partial charge in [-0.05, 0) is 18.2 Å². The molecule has 13 heavy (non-hydrogen) atoms. The van der Waals surface area contributed by atoms with Gasteiger partial charge in [-0.25, -0.2) is 0 Å². The van der Waals surface area contributed by atoms with Gasteiger partial charge in [-0.2, -0.15) is 0 Å². The SMILES string of the molecule is COc1cc(C(=O)[O-])ccc1O.[Na+]. The third-order valence-corrected chi connectivity index (χ3v) is 1.42. The van der Waals surface area contributed by atoms with Gasteiger partial charge < -0.3 is 19.7 Å². The zero-order valence-electron chi connectivity index (χ0n) is 7.40. The van der Waals surface area contributed by atoms with Crippen LogP contribution in [-0.4, -0.2) is 18.2 Å². The van der Waals surface area contributed by atoms with E-state index in [1.165, 1.54) is 25.3 Å². The summed E-state index contributed by atoms with van der Waals surface area (Å²) in [5.74, 6) is -1.27. The minimum Gasteiger partial charge on any atom is -0.545 e. The van der Waals surface area contributed by atoms with Crippen LogP contribution in [-0.2, 0) is 0 Å². The summed E-state index contributed by atoms with van der Waals surface area (Å²) in [5.41, 5.74) is -0.0235. The van der Waals surface area contributed by atoms with E-state index >= 15 is 0 Å². The molecule has 0 bridgehead atoms. The van der Waals surface area contributed by atoms with Crippen molar-refractivity contribution in [1.82, 2.24) is 0 Å². The van der Waals surface area contributed by atoms with Gasteiger partial charge in [0.05, 0.1) is 13.1 Å². The van der Waals surface area contributed by atoms with Crippen LogP contribution in [0.15, 0.2) is 18.2 Å². The number of carbonyl (C=O) groups excluding carboxylic acids is 1. The second-order valence-corrected chi connectivity index (χ2v) is 2.17. The van der Waals surface area contributed by atoms with Crippen molar-refractivity contribution < 1.29 is 49.3 Å². The molecule has 0 spiro atoms. The van der Waals surface area contributed by atoms with Crippen LogP contribution in [0.4, 0.5) is 0 Å². The Balaban J connectivity index is 0.00000144. The fourth-order valence-corrected chi connectivity index (χ4v) is 0.805. The minimum absolute atomic E-state index is 0. The molecule has 4 nitrogen and oxygen atoms in total. The predicted molar refractivity (Wildman–Crippen MR) is 39.0 cm³/mol. The van der Waals surface area contributed by atoms with Crippen LogP contribution in [0.25, 0.3) is 0 Å². The molecule has 0 saturated heterocycles. The third kappa shape index (κ3) is 2.91. The Morgan fingerprint density at radius 2 is 2.15 bits per heavy atom. The first-order valence-electron chi connectivity index (χ1n) is 3.23. The van der Waals surface area contributed by atoms with E-state index in [1.54, 1.807) is 0 Å². The number of methoxy groups -OCH3 is 1. The monoisotopic (exact) mass is 190 g/mol. The van der Waals surface area contributed by atoms with E-state index in [0.717, 1.165) is 0 Å². The summed E-state index contributed by atoms with van der Waals surface area (Å²) in [5, 5.41) is 19.4. The van der Waals surface area contributed by atoms with Crippen molar-refractivity contribution in [1.29, 1.82) is 0 Å². The molecule has 0 aliphatic heterocycles. The number of carboxylic acid groups (broad SMARTS) is 1. The Labute approximate surface area is 97.4 Å². The first-order valence-corrected chi connectivity index (χ1v) is 3.23. The summed E-state index contributed by atoms with van der Waals surface area (Å²) >= 11 is 0. The number of rotatable bonds is 2. The summed E-state index contributed by atoms with van der Waals surface area (Å²) in [4.78, 5) is 10.3. The molecule has 1 aromatic rings. The molecule has 0 heterocycles. The number of benzene rings is 1. The Kier molecular flexibility index (Phi) is 4.83. The van der Waals surface area contributed by atoms with Crippen molar-refractivity contribution in [3.05, 3.63) is 23.8 Å². The quantitative estimate of drug-likeness (QED) is 0.498. The van der Waals surface area contributed by atoms with E-state index in [-0.39, 0.29) is 46.6 Å². The van der Waals surface area contributed by atoms with Crippen molar-refractivity contribution in [2.75, 3.05) is 7.11 Å². The fraction of sp³-hybridized carbons (Fsp3) is 0.125. The topological polar surface area (TPSA) is 69.6 Å². The van der Waals surface area contributed by atoms with Gasteiger partial charge in [0.25, 0.3) is 0 Å². The largest absolute Gasteiger partial charge is 1.00 e. The van der Waals surface area contributed by atoms with Crippen molar-refractivity contribution in [2.45, 2.75) is 0 Å². The van der Waals surface area contributed by atoms with Gasteiger partial charge in [0, 0.05) is 5.56 Å². The molecule has 64 valence electrons. The van der Waals surface area contributed by atoms with Crippen molar-refractivity contribution in [3.63, 3.8) is 0 Å². The van der Waals surface area contributed by atoms with Crippen LogP contribution < -0.4 is 39.4 Å². The molecule has 0 amide bonds. The molecule has 1 rings (SSSR count). The number of phenolic OH excluding ortho intramolecular Hbond substituents is 1. The number of carbonyl (C=O) groups is 1. The molecule has 0 aliphatic carbocycles. The van der Waals surface area contributed by atoms with E-state index in [0.29, 0.717) is 0 Å². The normalized spacial score (nSPS) is 8.69. The maximum atomic E-state index is 10.3. The smallest absolute Gasteiger partial charge is 0.545 e. The number of ether oxygens (including phenoxy) is 1. The zero-order valence-corrected chi connectivity index (χ0v) is 9.40. The Morgan fingerprint density at radius 3 is 2.62 bits per heavy atom. The van der Waals surface area contributed by atoms with Gasteiger partial charge in [-0.3, -0.25) is 0 Å². The number of hydrogen-bond donors (Lipinski definition) is 1. The van der Waals surface area contributed by atoms with Crippen molar-refractivity contribution in [2.24, 2.45) is 0 Å². The predicted octanol–water partition coefficient (Wildman–Crippen LogP) is -3.23. The minimum atomic E-state index is -1.30. The Morgan fingerprint density at radius 1 is 1.54 bits per heavy atom. The number of phenols is 1. The van der Waals surface area contributed by atoms with Gasteiger partial charge >= 0.3 is 29.6 Å². The molecular weight excluding hydrogens is 183 g/mol. The molecular formula is C8H7NaO4. The van der Waals surface area contributed by atoms with E-state index < -0.39 is 5.97 Å². The van der Waals surface area contributed by atoms with Crippen LogP contribution >= 0.6 is 0 Å². The average Bonchev–Trinajstić information content (AvgIpc) is 2.05. The molecule has 0 aromatic heterocycles. The molecule has 1 aromatic carbocycles. The second-order valence-electron chi connectivity index (χ2n) is 2.17. The molecule has 0 aliphatic rings. The molecule has 0 unspecified atom stereocenters. The van der Waals surface area contributed by atoms with Crippen molar-refractivity contribution >= 4 is 5.97 Å². The van der Waals surface area contributed by atoms with Crippen LogP contribution in [0.5, 0.6) is 11.5 Å². The number of carboxylic acids is 1. The van der Waals surface area contributed by atoms with Crippen LogP contribution in [0.2, 0.25) is 0 Å². The first-order chi connectivity index (χ1) is 5.65. The molecule has 0 radical (unpaired) electrons. The average molecular weight is 190 g/mol. The van der Waals surface area contributed by atoms with Gasteiger partial charge in [-0.15, -0.1) is 0 Å². The standard InChI is InChI=1S/C8H8O4.Na/c1-12-7-4-5(8(10)11)2-3-6(7)9;/h2-4,9H,1H3,(H,10,11);/q;+1/p-1. The number of aromatic carboxylic acids is 1. The van der Waals surface area contributed by atoms with E-state index in [1.807, 2.05) is 0 Å². The summed E-state index contributed by atoms with van der Waals surface area (Å²) in [6.07, 6.45) is 0. The van der Waals surface area contributed by atoms with Crippen LogP contribution in [0, 0.1) is 0 Å².